The van der Waals surface area contributed by atoms with Gasteiger partial charge in [0.1, 0.15) is 0 Å². The number of nitrogens with zero attached hydrogens (tertiary/aromatic N) is 3. The first kappa shape index (κ1) is 14.3. The van der Waals surface area contributed by atoms with Gasteiger partial charge >= 0.3 is 0 Å². The predicted octanol–water partition coefficient (Wildman–Crippen LogP) is 1.15. The van der Waals surface area contributed by atoms with Crippen molar-refractivity contribution in [3.8, 4) is 0 Å². The number of amides is 2. The standard InChI is InChI=1S/C13H10N4O4/c14-16(13(19)10-5-7-15-8-6-10)12(18)9-1-3-11(4-2-9)17(20)21/h1-8H,14H2. The van der Waals surface area contributed by atoms with Crippen LogP contribution in [-0.4, -0.2) is 26.7 Å². The molecule has 0 aliphatic carbocycles. The molecule has 0 bridgehead atoms. The molecule has 0 atom stereocenters. The molecule has 8 nitrogen and oxygen atoms in total. The lowest BCUT2D eigenvalue weighted by Crippen LogP contribution is -2.42. The normalized spacial score (nSPS) is 9.95. The number of rotatable bonds is 3. The van der Waals surface area contributed by atoms with E-state index in [1.165, 1.54) is 36.7 Å². The number of non-ortho nitro benzene ring substituents is 1. The number of hydrogen-bond donors (Lipinski definition) is 1. The van der Waals surface area contributed by atoms with Gasteiger partial charge in [-0.1, -0.05) is 0 Å². The summed E-state index contributed by atoms with van der Waals surface area (Å²) in [5.74, 6) is 4.05. The number of nitro groups is 1. The summed E-state index contributed by atoms with van der Waals surface area (Å²) in [6.45, 7) is 0. The maximum atomic E-state index is 12.0. The maximum absolute atomic E-state index is 12.0. The third-order valence-electron chi connectivity index (χ3n) is 2.69. The van der Waals surface area contributed by atoms with Crippen molar-refractivity contribution in [2.75, 3.05) is 0 Å². The molecule has 0 saturated heterocycles. The van der Waals surface area contributed by atoms with Gasteiger partial charge in [0.05, 0.1) is 4.92 Å². The topological polar surface area (TPSA) is 119 Å². The molecule has 0 aliphatic rings. The number of carbonyl (C=O) groups excluding carboxylic acids is 2. The van der Waals surface area contributed by atoms with Crippen LogP contribution < -0.4 is 5.84 Å². The summed E-state index contributed by atoms with van der Waals surface area (Å²) >= 11 is 0. The van der Waals surface area contributed by atoms with E-state index in [-0.39, 0.29) is 16.8 Å². The van der Waals surface area contributed by atoms with Crippen LogP contribution in [0, 0.1) is 10.1 Å². The summed E-state index contributed by atoms with van der Waals surface area (Å²) in [6, 6.07) is 7.65. The van der Waals surface area contributed by atoms with E-state index in [1.54, 1.807) is 0 Å². The van der Waals surface area contributed by atoms with Crippen LogP contribution in [0.4, 0.5) is 5.69 Å². The van der Waals surface area contributed by atoms with E-state index in [0.717, 1.165) is 12.1 Å². The molecule has 1 heterocycles. The molecule has 1 aromatic heterocycles. The molecule has 0 fully saturated rings. The highest BCUT2D eigenvalue weighted by molar-refractivity contribution is 6.09. The summed E-state index contributed by atoms with van der Waals surface area (Å²) in [5, 5.41) is 11.0. The van der Waals surface area contributed by atoms with Gasteiger partial charge in [0.2, 0.25) is 0 Å². The van der Waals surface area contributed by atoms with Gasteiger partial charge in [0.25, 0.3) is 17.5 Å². The number of hydrogen-bond acceptors (Lipinski definition) is 6. The van der Waals surface area contributed by atoms with Crippen molar-refractivity contribution in [2.45, 2.75) is 0 Å². The number of nitrogens with two attached hydrogens (primary N) is 1. The molecule has 0 aliphatic heterocycles. The monoisotopic (exact) mass is 286 g/mol. The van der Waals surface area contributed by atoms with E-state index in [9.17, 15) is 19.7 Å². The van der Waals surface area contributed by atoms with Crippen molar-refractivity contribution in [3.63, 3.8) is 0 Å². The molecule has 0 spiro atoms. The van der Waals surface area contributed by atoms with E-state index in [1.807, 2.05) is 0 Å². The maximum Gasteiger partial charge on any atom is 0.275 e. The SMILES string of the molecule is NN(C(=O)c1ccncc1)C(=O)c1ccc([N+](=O)[O-])cc1. The molecule has 0 unspecified atom stereocenters. The van der Waals surface area contributed by atoms with Crippen LogP contribution in [0.5, 0.6) is 0 Å². The zero-order valence-electron chi connectivity index (χ0n) is 10.7. The summed E-state index contributed by atoms with van der Waals surface area (Å²) in [6.07, 6.45) is 2.80. The number of benzene rings is 1. The molecule has 2 aromatic rings. The van der Waals surface area contributed by atoms with E-state index < -0.39 is 16.7 Å². The number of carbonyl (C=O) groups is 2. The largest absolute Gasteiger partial charge is 0.275 e. The second-order valence-corrected chi connectivity index (χ2v) is 4.02. The lowest BCUT2D eigenvalue weighted by Gasteiger charge is -2.14. The van der Waals surface area contributed by atoms with Crippen molar-refractivity contribution in [3.05, 3.63) is 70.0 Å². The number of aromatic nitrogens is 1. The van der Waals surface area contributed by atoms with Crippen LogP contribution in [0.15, 0.2) is 48.8 Å². The van der Waals surface area contributed by atoms with Crippen LogP contribution in [0.1, 0.15) is 20.7 Å². The van der Waals surface area contributed by atoms with E-state index >= 15 is 0 Å². The Bertz CT molecular complexity index is 685. The summed E-state index contributed by atoms with van der Waals surface area (Å²) < 4.78 is 0. The quantitative estimate of drug-likeness (QED) is 0.297. The first-order chi connectivity index (χ1) is 10.0. The van der Waals surface area contributed by atoms with Gasteiger partial charge in [-0.25, -0.2) is 10.9 Å². The average Bonchev–Trinajstić information content (AvgIpc) is 2.53. The second kappa shape index (κ2) is 5.88. The molecule has 0 saturated carbocycles. The summed E-state index contributed by atoms with van der Waals surface area (Å²) in [4.78, 5) is 37.7. The molecule has 21 heavy (non-hydrogen) atoms. The fourth-order valence-electron chi connectivity index (χ4n) is 1.59. The molecule has 2 rings (SSSR count). The predicted molar refractivity (Wildman–Crippen MR) is 72.0 cm³/mol. The van der Waals surface area contributed by atoms with Gasteiger partial charge < -0.3 is 0 Å². The minimum atomic E-state index is -0.758. The fourth-order valence-corrected chi connectivity index (χ4v) is 1.59. The highest BCUT2D eigenvalue weighted by Gasteiger charge is 2.21. The van der Waals surface area contributed by atoms with E-state index in [0.29, 0.717) is 5.01 Å². The van der Waals surface area contributed by atoms with E-state index in [4.69, 9.17) is 5.84 Å². The highest BCUT2D eigenvalue weighted by atomic mass is 16.6. The van der Waals surface area contributed by atoms with Crippen LogP contribution in [0.25, 0.3) is 0 Å². The fraction of sp³-hybridized carbons (Fsp3) is 0. The van der Waals surface area contributed by atoms with Gasteiger partial charge in [-0.3, -0.25) is 24.7 Å². The lowest BCUT2D eigenvalue weighted by atomic mass is 10.1. The molecular weight excluding hydrogens is 276 g/mol. The van der Waals surface area contributed by atoms with Gasteiger partial charge in [0.15, 0.2) is 0 Å². The molecule has 1 aromatic carbocycles. The number of imide groups is 1. The van der Waals surface area contributed by atoms with E-state index in [2.05, 4.69) is 4.98 Å². The smallest absolute Gasteiger partial charge is 0.267 e. The van der Waals surface area contributed by atoms with Crippen molar-refractivity contribution in [1.82, 2.24) is 9.99 Å². The third-order valence-corrected chi connectivity index (χ3v) is 2.69. The number of nitro benzene ring substituents is 1. The Morgan fingerprint density at radius 1 is 1.00 bits per heavy atom. The van der Waals surface area contributed by atoms with Crippen molar-refractivity contribution in [1.29, 1.82) is 0 Å². The minimum absolute atomic E-state index is 0.0745. The van der Waals surface area contributed by atoms with Crippen molar-refractivity contribution >= 4 is 17.5 Å². The molecular formula is C13H10N4O4. The first-order valence-electron chi connectivity index (χ1n) is 5.78. The van der Waals surface area contributed by atoms with Crippen LogP contribution in [0.2, 0.25) is 0 Å². The lowest BCUT2D eigenvalue weighted by molar-refractivity contribution is -0.384. The minimum Gasteiger partial charge on any atom is -0.267 e. The Morgan fingerprint density at radius 3 is 1.95 bits per heavy atom. The number of pyridine rings is 1. The Balaban J connectivity index is 2.19. The first-order valence-corrected chi connectivity index (χ1v) is 5.78. The second-order valence-electron chi connectivity index (χ2n) is 4.02. The average molecular weight is 286 g/mol. The van der Waals surface area contributed by atoms with Gasteiger partial charge in [-0.05, 0) is 24.3 Å². The number of hydrazine groups is 1. The Labute approximate surface area is 118 Å². The van der Waals surface area contributed by atoms with Crippen LogP contribution >= 0.6 is 0 Å². The third kappa shape index (κ3) is 3.07. The van der Waals surface area contributed by atoms with Crippen molar-refractivity contribution in [2.24, 2.45) is 5.84 Å². The highest BCUT2D eigenvalue weighted by Crippen LogP contribution is 2.13. The molecule has 106 valence electrons. The Hall–Kier alpha value is -3.13. The van der Waals surface area contributed by atoms with Gasteiger partial charge in [0, 0.05) is 35.7 Å². The van der Waals surface area contributed by atoms with Crippen LogP contribution in [-0.2, 0) is 0 Å². The summed E-state index contributed by atoms with van der Waals surface area (Å²) in [7, 11) is 0. The van der Waals surface area contributed by atoms with Crippen molar-refractivity contribution < 1.29 is 14.5 Å². The molecule has 0 radical (unpaired) electrons. The zero-order chi connectivity index (χ0) is 15.4. The Kier molecular flexibility index (Phi) is 4.00. The van der Waals surface area contributed by atoms with Gasteiger partial charge in [-0.15, -0.1) is 0 Å². The summed E-state index contributed by atoms with van der Waals surface area (Å²) in [5.41, 5.74) is 0.129. The molecule has 2 amide bonds. The van der Waals surface area contributed by atoms with Gasteiger partial charge in [-0.2, -0.15) is 0 Å². The molecule has 8 heteroatoms. The Morgan fingerprint density at radius 2 is 1.48 bits per heavy atom. The van der Waals surface area contributed by atoms with Crippen LogP contribution in [0.3, 0.4) is 0 Å². The zero-order valence-corrected chi connectivity index (χ0v) is 10.7. The molecule has 2 N–H and O–H groups in total.